The summed E-state index contributed by atoms with van der Waals surface area (Å²) in [5.41, 5.74) is -1.55. The zero-order valence-electron chi connectivity index (χ0n) is 13.8. The minimum Gasteiger partial charge on any atom is -0.458 e. The molecule has 23 heavy (non-hydrogen) atoms. The van der Waals surface area contributed by atoms with Crippen molar-refractivity contribution in [2.75, 3.05) is 6.54 Å². The summed E-state index contributed by atoms with van der Waals surface area (Å²) in [5.74, 6) is -0.909. The van der Waals surface area contributed by atoms with Crippen LogP contribution in [-0.4, -0.2) is 43.8 Å². The molecular formula is C15H23NO6S. The average Bonchev–Trinajstić information content (AvgIpc) is 2.97. The first-order valence-electron chi connectivity index (χ1n) is 7.87. The summed E-state index contributed by atoms with van der Waals surface area (Å²) < 4.78 is 34.9. The van der Waals surface area contributed by atoms with Gasteiger partial charge in [0.2, 0.25) is 5.91 Å². The Morgan fingerprint density at radius 2 is 1.96 bits per heavy atom. The summed E-state index contributed by atoms with van der Waals surface area (Å²) >= 11 is 0. The van der Waals surface area contributed by atoms with E-state index in [1.165, 1.54) is 0 Å². The molecule has 3 rings (SSSR count). The van der Waals surface area contributed by atoms with Crippen molar-refractivity contribution >= 4 is 22.0 Å². The molecule has 2 aliphatic carbocycles. The van der Waals surface area contributed by atoms with E-state index in [2.05, 4.69) is 5.32 Å². The third kappa shape index (κ3) is 2.55. The number of carbonyl (C=O) groups excluding carboxylic acids is 2. The van der Waals surface area contributed by atoms with Crippen molar-refractivity contribution in [2.24, 2.45) is 17.3 Å². The van der Waals surface area contributed by atoms with E-state index in [1.54, 1.807) is 27.7 Å². The van der Waals surface area contributed by atoms with Crippen LogP contribution in [0.1, 0.15) is 40.5 Å². The third-order valence-electron chi connectivity index (χ3n) is 5.27. The molecule has 1 heterocycles. The fourth-order valence-electron chi connectivity index (χ4n) is 4.12. The molecule has 0 radical (unpaired) electrons. The van der Waals surface area contributed by atoms with E-state index in [0.717, 1.165) is 0 Å². The molecule has 1 amide bonds. The van der Waals surface area contributed by atoms with Crippen LogP contribution < -0.4 is 5.32 Å². The van der Waals surface area contributed by atoms with Crippen molar-refractivity contribution < 1.29 is 26.9 Å². The van der Waals surface area contributed by atoms with Crippen LogP contribution in [0.2, 0.25) is 0 Å². The van der Waals surface area contributed by atoms with E-state index in [0.29, 0.717) is 12.8 Å². The third-order valence-corrected chi connectivity index (χ3v) is 7.12. The van der Waals surface area contributed by atoms with Crippen LogP contribution in [0.15, 0.2) is 0 Å². The summed E-state index contributed by atoms with van der Waals surface area (Å²) in [7, 11) is -3.56. The molecule has 0 aromatic rings. The highest BCUT2D eigenvalue weighted by Gasteiger charge is 2.71. The minimum absolute atomic E-state index is 0.00884. The molecule has 5 unspecified atom stereocenters. The lowest BCUT2D eigenvalue weighted by molar-refractivity contribution is -0.163. The smallest absolute Gasteiger partial charge is 0.325 e. The molecule has 2 saturated carbocycles. The van der Waals surface area contributed by atoms with E-state index < -0.39 is 38.5 Å². The van der Waals surface area contributed by atoms with Crippen LogP contribution in [0.5, 0.6) is 0 Å². The van der Waals surface area contributed by atoms with E-state index in [1.807, 2.05) is 0 Å². The lowest BCUT2D eigenvalue weighted by Crippen LogP contribution is -2.48. The average molecular weight is 345 g/mol. The van der Waals surface area contributed by atoms with Gasteiger partial charge in [0.05, 0.1) is 5.25 Å². The van der Waals surface area contributed by atoms with E-state index in [4.69, 9.17) is 8.92 Å². The van der Waals surface area contributed by atoms with Gasteiger partial charge in [0.1, 0.15) is 18.2 Å². The van der Waals surface area contributed by atoms with Gasteiger partial charge in [-0.05, 0) is 19.8 Å². The van der Waals surface area contributed by atoms with Gasteiger partial charge in [-0.3, -0.25) is 13.8 Å². The van der Waals surface area contributed by atoms with Gasteiger partial charge < -0.3 is 10.1 Å². The molecule has 8 heteroatoms. The molecule has 2 bridgehead atoms. The summed E-state index contributed by atoms with van der Waals surface area (Å²) in [6.45, 7) is 6.74. The molecule has 3 aliphatic rings. The Kier molecular flexibility index (Phi) is 3.57. The predicted octanol–water partition coefficient (Wildman–Crippen LogP) is 0.588. The zero-order chi connectivity index (χ0) is 17.2. The Bertz CT molecular complexity index is 651. The maximum absolute atomic E-state index is 12.0. The van der Waals surface area contributed by atoms with Crippen LogP contribution in [0.4, 0.5) is 0 Å². The summed E-state index contributed by atoms with van der Waals surface area (Å²) in [6.07, 6.45) is 0.613. The standard InChI is InChI=1S/C15H23NO6S/c1-14(2,3)13(18)16-7-11(17)21-12-8-5-9-10(6-8)23(19,20)22-15(9,12)4/h8-10,12H,5-7H2,1-4H3,(H,16,18). The molecule has 1 saturated heterocycles. The molecular weight excluding hydrogens is 322 g/mol. The number of rotatable bonds is 3. The first-order valence-corrected chi connectivity index (χ1v) is 9.34. The number of hydrogen-bond donors (Lipinski definition) is 1. The van der Waals surface area contributed by atoms with Crippen LogP contribution in [0, 0.1) is 17.3 Å². The van der Waals surface area contributed by atoms with Gasteiger partial charge in [-0.15, -0.1) is 0 Å². The first kappa shape index (κ1) is 16.7. The Labute approximate surface area is 136 Å². The topological polar surface area (TPSA) is 98.8 Å². The van der Waals surface area contributed by atoms with Gasteiger partial charge in [0.15, 0.2) is 0 Å². The Morgan fingerprint density at radius 3 is 2.57 bits per heavy atom. The van der Waals surface area contributed by atoms with Crippen LogP contribution in [-0.2, 0) is 28.6 Å². The molecule has 3 fully saturated rings. The molecule has 1 aliphatic heterocycles. The van der Waals surface area contributed by atoms with Crippen LogP contribution in [0.3, 0.4) is 0 Å². The van der Waals surface area contributed by atoms with E-state index in [9.17, 15) is 18.0 Å². The van der Waals surface area contributed by atoms with Gasteiger partial charge in [-0.1, -0.05) is 20.8 Å². The number of esters is 1. The van der Waals surface area contributed by atoms with Gasteiger partial charge in [-0.25, -0.2) is 0 Å². The van der Waals surface area contributed by atoms with E-state index >= 15 is 0 Å². The Balaban J connectivity index is 1.64. The quantitative estimate of drug-likeness (QED) is 0.594. The molecule has 5 atom stereocenters. The first-order chi connectivity index (χ1) is 10.4. The van der Waals surface area contributed by atoms with E-state index in [-0.39, 0.29) is 24.3 Å². The molecule has 130 valence electrons. The lowest BCUT2D eigenvalue weighted by Gasteiger charge is -2.33. The Morgan fingerprint density at radius 1 is 1.30 bits per heavy atom. The normalized spacial score (nSPS) is 40.2. The zero-order valence-corrected chi connectivity index (χ0v) is 14.6. The monoisotopic (exact) mass is 345 g/mol. The second kappa shape index (κ2) is 4.92. The Hall–Kier alpha value is -1.15. The highest BCUT2D eigenvalue weighted by atomic mass is 32.2. The van der Waals surface area contributed by atoms with Crippen molar-refractivity contribution in [2.45, 2.75) is 57.5 Å². The summed E-state index contributed by atoms with van der Waals surface area (Å²) in [6, 6.07) is 0. The number of nitrogens with one attached hydrogen (secondary N) is 1. The maximum atomic E-state index is 12.0. The highest BCUT2D eigenvalue weighted by Crippen LogP contribution is 2.61. The van der Waals surface area contributed by atoms with Gasteiger partial charge in [-0.2, -0.15) is 8.42 Å². The second-order valence-corrected chi connectivity index (χ2v) is 9.74. The SMILES string of the molecule is CC(C)(C)C(=O)NCC(=O)OC1C2CC3C(C2)S(=O)(=O)OC31C. The maximum Gasteiger partial charge on any atom is 0.325 e. The van der Waals surface area contributed by atoms with Gasteiger partial charge in [0, 0.05) is 17.3 Å². The van der Waals surface area contributed by atoms with Crippen molar-refractivity contribution in [1.29, 1.82) is 0 Å². The molecule has 0 spiro atoms. The fraction of sp³-hybridized carbons (Fsp3) is 0.867. The minimum atomic E-state index is -3.56. The second-order valence-electron chi connectivity index (χ2n) is 7.98. The number of fused-ring (bicyclic) bond motifs is 1. The molecule has 0 aromatic carbocycles. The summed E-state index contributed by atoms with van der Waals surface area (Å²) in [5, 5.41) is 2.08. The van der Waals surface area contributed by atoms with Crippen molar-refractivity contribution in [3.63, 3.8) is 0 Å². The lowest BCUT2D eigenvalue weighted by atomic mass is 9.83. The number of carbonyl (C=O) groups is 2. The highest BCUT2D eigenvalue weighted by molar-refractivity contribution is 7.87. The number of amides is 1. The largest absolute Gasteiger partial charge is 0.458 e. The van der Waals surface area contributed by atoms with Gasteiger partial charge in [0.25, 0.3) is 10.1 Å². The molecule has 1 N–H and O–H groups in total. The molecule has 0 aromatic heterocycles. The van der Waals surface area contributed by atoms with Crippen molar-refractivity contribution in [3.05, 3.63) is 0 Å². The summed E-state index contributed by atoms with van der Waals surface area (Å²) in [4.78, 5) is 23.8. The fourth-order valence-corrected chi connectivity index (χ4v) is 6.23. The van der Waals surface area contributed by atoms with Crippen LogP contribution in [0.25, 0.3) is 0 Å². The van der Waals surface area contributed by atoms with Crippen molar-refractivity contribution in [3.8, 4) is 0 Å². The van der Waals surface area contributed by atoms with Crippen molar-refractivity contribution in [1.82, 2.24) is 5.32 Å². The van der Waals surface area contributed by atoms with Crippen LogP contribution >= 0.6 is 0 Å². The number of hydrogen-bond acceptors (Lipinski definition) is 6. The van der Waals surface area contributed by atoms with Gasteiger partial charge >= 0.3 is 5.97 Å². The predicted molar refractivity (Wildman–Crippen MR) is 80.8 cm³/mol. The number of ether oxygens (including phenoxy) is 1. The molecule has 7 nitrogen and oxygen atoms in total.